The Bertz CT molecular complexity index is 751. The van der Waals surface area contributed by atoms with E-state index in [9.17, 15) is 30.6 Å². The van der Waals surface area contributed by atoms with Gasteiger partial charge in [-0.05, 0) is 0 Å². The Morgan fingerprint density at radius 1 is 0.893 bits per heavy atom. The number of hydrogen-bond donors (Lipinski definition) is 7. The van der Waals surface area contributed by atoms with Crippen LogP contribution in [0.1, 0.15) is 0 Å². The summed E-state index contributed by atoms with van der Waals surface area (Å²) in [5.41, 5.74) is 6.01. The number of hydrogen-bond acceptors (Lipinski definition) is 12. The molecule has 0 aliphatic carbocycles. The molecular weight excluding hydrogens is 378 g/mol. The molecule has 4 rings (SSSR count). The van der Waals surface area contributed by atoms with Gasteiger partial charge in [0, 0.05) is 0 Å². The van der Waals surface area contributed by atoms with Crippen LogP contribution in [0.5, 0.6) is 0 Å². The predicted octanol–water partition coefficient (Wildman–Crippen LogP) is -4.08. The van der Waals surface area contributed by atoms with Gasteiger partial charge in [-0.2, -0.15) is 14.5 Å². The molecule has 0 bridgehead atoms. The van der Waals surface area contributed by atoms with Crippen molar-refractivity contribution in [1.29, 1.82) is 0 Å². The van der Waals surface area contributed by atoms with Crippen LogP contribution < -0.4 is 10.2 Å². The van der Waals surface area contributed by atoms with Crippen molar-refractivity contribution < 1.29 is 40.1 Å². The fourth-order valence-electron chi connectivity index (χ4n) is 3.98. The van der Waals surface area contributed by atoms with Gasteiger partial charge in [-0.1, -0.05) is 0 Å². The largest absolute Gasteiger partial charge is 0.394 e. The number of nitrogens with zero attached hydrogens (tertiary/aromatic N) is 4. The van der Waals surface area contributed by atoms with Crippen LogP contribution in [0.25, 0.3) is 0 Å². The second-order valence-corrected chi connectivity index (χ2v) is 6.97. The minimum Gasteiger partial charge on any atom is -0.394 e. The van der Waals surface area contributed by atoms with Gasteiger partial charge in [0.1, 0.15) is 30.7 Å². The first kappa shape index (κ1) is 19.5. The van der Waals surface area contributed by atoms with Crippen LogP contribution in [-0.4, -0.2) is 109 Å². The number of aliphatic imine (C=N–C) groups is 1. The Morgan fingerprint density at radius 2 is 1.43 bits per heavy atom. The number of aliphatic hydroxyl groups excluding tert-OH is 6. The van der Waals surface area contributed by atoms with Gasteiger partial charge in [0.15, 0.2) is 23.7 Å². The van der Waals surface area contributed by atoms with Gasteiger partial charge >= 0.3 is 0 Å². The summed E-state index contributed by atoms with van der Waals surface area (Å²) in [6.07, 6.45) is -8.33. The van der Waals surface area contributed by atoms with Crippen LogP contribution in [-0.2, 0) is 9.47 Å². The molecule has 28 heavy (non-hydrogen) atoms. The van der Waals surface area contributed by atoms with Gasteiger partial charge in [0.05, 0.1) is 13.2 Å². The van der Waals surface area contributed by atoms with Crippen molar-refractivity contribution in [3.05, 3.63) is 6.33 Å². The molecule has 8 N–H and O–H groups in total. The summed E-state index contributed by atoms with van der Waals surface area (Å²) in [7, 11) is 0. The first-order chi connectivity index (χ1) is 13.4. The minimum atomic E-state index is -1.52. The highest BCUT2D eigenvalue weighted by Gasteiger charge is 2.66. The molecule has 154 valence electrons. The Hall–Kier alpha value is -1.81. The lowest BCUT2D eigenvalue weighted by molar-refractivity contribution is -0.147. The van der Waals surface area contributed by atoms with Crippen LogP contribution >= 0.6 is 0 Å². The van der Waals surface area contributed by atoms with E-state index in [1.54, 1.807) is 0 Å². The fourth-order valence-corrected chi connectivity index (χ4v) is 3.98. The van der Waals surface area contributed by atoms with Crippen molar-refractivity contribution in [2.45, 2.75) is 49.1 Å². The second-order valence-electron chi connectivity index (χ2n) is 6.97. The predicted molar refractivity (Wildman–Crippen MR) is 91.9 cm³/mol. The number of anilines is 1. The van der Waals surface area contributed by atoms with Crippen LogP contribution in [0.3, 0.4) is 0 Å². The molecule has 9 atom stereocenters. The number of rotatable bonds is 4. The molecule has 0 saturated carbocycles. The van der Waals surface area contributed by atoms with E-state index in [1.807, 2.05) is 0 Å². The normalized spacial score (nSPS) is 44.9. The molecule has 2 fully saturated rings. The summed E-state index contributed by atoms with van der Waals surface area (Å²) < 4.78 is 10.7. The molecule has 1 aromatic heterocycles. The first-order valence-electron chi connectivity index (χ1n) is 8.66. The van der Waals surface area contributed by atoms with Crippen molar-refractivity contribution in [3.8, 4) is 0 Å². The quantitative estimate of drug-likeness (QED) is 0.242. The topological polar surface area (TPSA) is 204 Å². The third-order valence-electron chi connectivity index (χ3n) is 5.45. The zero-order chi connectivity index (χ0) is 20.2. The van der Waals surface area contributed by atoms with Gasteiger partial charge in [0.25, 0.3) is 5.82 Å². The van der Waals surface area contributed by atoms with E-state index < -0.39 is 66.8 Å². The monoisotopic (exact) mass is 400 g/mol. The lowest BCUT2D eigenvalue weighted by Gasteiger charge is -2.40. The number of aliphatic hydroxyl groups is 6. The fraction of sp³-hybridized carbons (Fsp3) is 0.667. The van der Waals surface area contributed by atoms with Crippen LogP contribution in [0.15, 0.2) is 11.3 Å². The average molecular weight is 400 g/mol. The van der Waals surface area contributed by atoms with Gasteiger partial charge in [0.2, 0.25) is 18.8 Å². The molecule has 4 heterocycles. The van der Waals surface area contributed by atoms with E-state index in [0.717, 1.165) is 6.33 Å². The van der Waals surface area contributed by atoms with Crippen molar-refractivity contribution in [2.75, 3.05) is 18.9 Å². The lowest BCUT2D eigenvalue weighted by Crippen LogP contribution is -2.68. The van der Waals surface area contributed by atoms with Gasteiger partial charge in [-0.3, -0.25) is 0 Å². The van der Waals surface area contributed by atoms with E-state index in [0.29, 0.717) is 0 Å². The van der Waals surface area contributed by atoms with Crippen molar-refractivity contribution in [2.24, 2.45) is 4.99 Å². The number of nitrogen functional groups attached to an aromatic ring is 1. The summed E-state index contributed by atoms with van der Waals surface area (Å²) in [5.74, 6) is 0.136. The Morgan fingerprint density at radius 3 is 1.89 bits per heavy atom. The summed E-state index contributed by atoms with van der Waals surface area (Å²) >= 11 is 0. The van der Waals surface area contributed by atoms with E-state index in [-0.39, 0.29) is 17.3 Å². The molecule has 1 aromatic rings. The van der Waals surface area contributed by atoms with Crippen LogP contribution in [0, 0.1) is 0 Å². The summed E-state index contributed by atoms with van der Waals surface area (Å²) in [5, 5.41) is 60.6. The standard InChI is InChI=1S/C15H22N5O8/c16-12-7-13(18-3-17-12)20(4-19-7,14-10(25)8(23)5(1-21)27-14)15-11(26)9(24)6(2-22)28-15/h3-6,8-11,14-15,21-26H,1-2H2,(H2,16,17,18)/q+1/t5-,6-,8-,9-,10-,11+,14-,15+,20?/m1/s1. The van der Waals surface area contributed by atoms with Crippen molar-refractivity contribution in [3.63, 3.8) is 0 Å². The SMILES string of the molecule is Nc1ncnc2c1N=C[N+]2([C@@H]1O[C@H](CO)[C@@H](O)[C@H]1O)[C@H]1O[C@H](CO)[C@@H](O)[C@@H]1O. The second kappa shape index (κ2) is 6.91. The summed E-state index contributed by atoms with van der Waals surface area (Å²) in [6.45, 7) is -1.14. The zero-order valence-electron chi connectivity index (χ0n) is 14.6. The van der Waals surface area contributed by atoms with Gasteiger partial charge in [-0.25, -0.2) is 4.98 Å². The molecule has 0 aromatic carbocycles. The smallest absolute Gasteiger partial charge is 0.269 e. The third-order valence-corrected chi connectivity index (χ3v) is 5.45. The molecule has 13 nitrogen and oxygen atoms in total. The van der Waals surface area contributed by atoms with E-state index in [1.165, 1.54) is 6.34 Å². The first-order valence-corrected chi connectivity index (χ1v) is 8.66. The lowest BCUT2D eigenvalue weighted by atomic mass is 10.1. The highest BCUT2D eigenvalue weighted by molar-refractivity contribution is 5.91. The third kappa shape index (κ3) is 2.50. The molecule has 3 aliphatic rings. The highest BCUT2D eigenvalue weighted by Crippen LogP contribution is 2.48. The maximum Gasteiger partial charge on any atom is 0.269 e. The number of fused-ring (bicyclic) bond motifs is 1. The molecular formula is C15H22N5O8+. The molecule has 2 saturated heterocycles. The van der Waals surface area contributed by atoms with Crippen molar-refractivity contribution >= 4 is 23.7 Å². The molecule has 1 unspecified atom stereocenters. The number of aromatic nitrogens is 2. The maximum atomic E-state index is 10.6. The Balaban J connectivity index is 1.86. The van der Waals surface area contributed by atoms with Crippen LogP contribution in [0.4, 0.5) is 17.3 Å². The summed E-state index contributed by atoms with van der Waals surface area (Å²) in [6, 6.07) is 0. The van der Waals surface area contributed by atoms with Crippen LogP contribution in [0.2, 0.25) is 0 Å². The van der Waals surface area contributed by atoms with Gasteiger partial charge in [-0.15, -0.1) is 0 Å². The molecule has 13 heteroatoms. The number of quaternary nitrogens is 1. The maximum absolute atomic E-state index is 10.6. The molecule has 0 spiro atoms. The number of ether oxygens (including phenoxy) is 2. The van der Waals surface area contributed by atoms with E-state index in [4.69, 9.17) is 15.2 Å². The number of nitrogens with two attached hydrogens (primary N) is 1. The Labute approximate surface area is 158 Å². The molecule has 0 radical (unpaired) electrons. The molecule has 3 aliphatic heterocycles. The zero-order valence-corrected chi connectivity index (χ0v) is 14.6. The average Bonchev–Trinajstić information content (AvgIpc) is 3.31. The van der Waals surface area contributed by atoms with E-state index >= 15 is 0 Å². The van der Waals surface area contributed by atoms with Crippen molar-refractivity contribution in [1.82, 2.24) is 14.5 Å². The van der Waals surface area contributed by atoms with Gasteiger partial charge < -0.3 is 45.8 Å². The summed E-state index contributed by atoms with van der Waals surface area (Å²) in [4.78, 5) is 12.2. The Kier molecular flexibility index (Phi) is 4.81. The highest BCUT2D eigenvalue weighted by atomic mass is 16.6. The minimum absolute atomic E-state index is 0.0275. The molecule has 0 amide bonds. The van der Waals surface area contributed by atoms with E-state index in [2.05, 4.69) is 15.0 Å².